The third-order valence-electron chi connectivity index (χ3n) is 9.52. The predicted octanol–water partition coefficient (Wildman–Crippen LogP) is 6.69. The number of nitrogens with zero attached hydrogens (tertiary/aromatic N) is 2. The molecule has 0 saturated heterocycles. The quantitative estimate of drug-likeness (QED) is 0.347. The third-order valence-corrected chi connectivity index (χ3v) is 14.4. The normalized spacial score (nSPS) is 22.4. The Hall–Kier alpha value is -5.12. The van der Waals surface area contributed by atoms with E-state index in [0.717, 1.165) is 0 Å². The second-order valence-corrected chi connectivity index (χ2v) is 15.0. The first-order valence-electron chi connectivity index (χ1n) is 14.3. The van der Waals surface area contributed by atoms with Crippen molar-refractivity contribution in [1.82, 2.24) is 9.80 Å². The maximum atomic E-state index is 2.52. The van der Waals surface area contributed by atoms with E-state index in [1.807, 2.05) is 0 Å². The van der Waals surface area contributed by atoms with Crippen LogP contribution in [0, 0.1) is 0 Å². The maximum Gasteiger partial charge on any atom is 0.182 e. The Morgan fingerprint density at radius 2 is 0.878 bits per heavy atom. The third kappa shape index (κ3) is 2.54. The van der Waals surface area contributed by atoms with Gasteiger partial charge in [0.2, 0.25) is 0 Å². The number of allylic oxidation sites excluding steroid dienone is 18. The summed E-state index contributed by atoms with van der Waals surface area (Å²) in [6.07, 6.45) is 36.7. The van der Waals surface area contributed by atoms with Crippen molar-refractivity contribution in [2.75, 3.05) is 0 Å². The van der Waals surface area contributed by atoms with Gasteiger partial charge in [-0.2, -0.15) is 0 Å². The molecule has 8 aliphatic heterocycles. The lowest BCUT2D eigenvalue weighted by atomic mass is 9.95. The highest BCUT2D eigenvalue weighted by Gasteiger charge is 2.54. The summed E-state index contributed by atoms with van der Waals surface area (Å²) in [4.78, 5) is 4.85. The average Bonchev–Trinajstić information content (AvgIpc) is 3.23. The van der Waals surface area contributed by atoms with Crippen LogP contribution in [0.25, 0.3) is 11.1 Å². The van der Waals surface area contributed by atoms with Crippen molar-refractivity contribution in [3.8, 4) is 11.1 Å². The fraction of sp³-hybridized carbons (Fsp3) is 0. The van der Waals surface area contributed by atoms with Crippen molar-refractivity contribution in [3.63, 3.8) is 0 Å². The summed E-state index contributed by atoms with van der Waals surface area (Å²) in [6.45, 7) is 0. The summed E-state index contributed by atoms with van der Waals surface area (Å²) in [7, 11) is -2.75. The van der Waals surface area contributed by atoms with Crippen LogP contribution in [0.2, 0.25) is 0 Å². The fourth-order valence-electron chi connectivity index (χ4n) is 8.00. The second kappa shape index (κ2) is 7.54. The second-order valence-electron chi connectivity index (χ2n) is 11.4. The molecule has 190 valence electrons. The molecule has 2 aromatic carbocycles. The van der Waals surface area contributed by atoms with Gasteiger partial charge in [-0.1, -0.05) is 85.0 Å². The predicted molar refractivity (Wildman–Crippen MR) is 169 cm³/mol. The van der Waals surface area contributed by atoms with Crippen LogP contribution in [0.1, 0.15) is 0 Å². The lowest BCUT2D eigenvalue weighted by Crippen LogP contribution is -2.60. The van der Waals surface area contributed by atoms with Gasteiger partial charge in [-0.25, -0.2) is 0 Å². The molecule has 0 fully saturated rings. The Kier molecular flexibility index (Phi) is 3.98. The minimum absolute atomic E-state index is 1.22. The highest BCUT2D eigenvalue weighted by Crippen LogP contribution is 2.51. The molecule has 0 radical (unpaired) electrons. The van der Waals surface area contributed by atoms with Gasteiger partial charge in [-0.05, 0) is 104 Å². The zero-order chi connectivity index (χ0) is 26.7. The molecule has 10 rings (SSSR count). The summed E-state index contributed by atoms with van der Waals surface area (Å²) >= 11 is 0. The van der Waals surface area contributed by atoms with Gasteiger partial charge in [0.25, 0.3) is 0 Å². The topological polar surface area (TPSA) is 6.48 Å². The highest BCUT2D eigenvalue weighted by atomic mass is 28.3. The molecular weight excluding hydrogens is 513 g/mol. The molecule has 2 nitrogen and oxygen atoms in total. The average molecular weight is 537 g/mol. The van der Waals surface area contributed by atoms with Crippen molar-refractivity contribution in [1.29, 1.82) is 0 Å². The van der Waals surface area contributed by atoms with E-state index in [9.17, 15) is 0 Å². The zero-order valence-electron chi connectivity index (χ0n) is 22.3. The Morgan fingerprint density at radius 1 is 0.439 bits per heavy atom. The lowest BCUT2D eigenvalue weighted by Gasteiger charge is -2.44. The molecule has 2 aromatic rings. The van der Waals surface area contributed by atoms with Crippen molar-refractivity contribution in [2.45, 2.75) is 0 Å². The van der Waals surface area contributed by atoms with E-state index in [1.165, 1.54) is 77.2 Å². The standard InChI is InChI=1S/C38H24N2Si/c1-3-19-35-29(15-1)30-16-2-4-20-36(30)41(35)37-23-27-13-5-9-25-11-7-17-33(39(25)27)31(37)21-22-32-34-18-8-12-26-10-6-14-28(40(26)34)24-38(32)41/h1-24H. The van der Waals surface area contributed by atoms with E-state index in [-0.39, 0.29) is 0 Å². The first-order valence-corrected chi connectivity index (χ1v) is 16.3. The van der Waals surface area contributed by atoms with Crippen LogP contribution in [-0.2, 0) is 0 Å². The number of rotatable bonds is 0. The van der Waals surface area contributed by atoms with Crippen LogP contribution in [0.5, 0.6) is 0 Å². The molecule has 0 unspecified atom stereocenters. The molecule has 41 heavy (non-hydrogen) atoms. The molecule has 0 aliphatic carbocycles. The molecule has 8 heterocycles. The molecule has 1 spiro atoms. The van der Waals surface area contributed by atoms with Gasteiger partial charge in [-0.15, -0.1) is 0 Å². The lowest BCUT2D eigenvalue weighted by molar-refractivity contribution is 0.554. The van der Waals surface area contributed by atoms with Crippen LogP contribution < -0.4 is 10.4 Å². The first-order chi connectivity index (χ1) is 20.3. The number of hydrogen-bond donors (Lipinski definition) is 0. The van der Waals surface area contributed by atoms with E-state index in [2.05, 4.69) is 156 Å². The number of fused-ring (bicyclic) bond motifs is 9. The van der Waals surface area contributed by atoms with Crippen molar-refractivity contribution >= 4 is 18.4 Å². The van der Waals surface area contributed by atoms with E-state index in [0.29, 0.717) is 0 Å². The smallest absolute Gasteiger partial charge is 0.182 e. The van der Waals surface area contributed by atoms with Crippen LogP contribution in [0.4, 0.5) is 0 Å². The van der Waals surface area contributed by atoms with Gasteiger partial charge >= 0.3 is 0 Å². The monoisotopic (exact) mass is 536 g/mol. The molecule has 0 aromatic heterocycles. The van der Waals surface area contributed by atoms with Crippen LogP contribution in [-0.4, -0.2) is 17.9 Å². The van der Waals surface area contributed by atoms with Gasteiger partial charge in [0.15, 0.2) is 8.07 Å². The summed E-state index contributed by atoms with van der Waals surface area (Å²) in [5.41, 5.74) is 12.9. The Labute approximate surface area is 240 Å². The maximum absolute atomic E-state index is 2.75. The molecule has 3 heteroatoms. The summed E-state index contributed by atoms with van der Waals surface area (Å²) in [5.74, 6) is 0. The minimum atomic E-state index is -2.75. The van der Waals surface area contributed by atoms with Crippen LogP contribution in [0.3, 0.4) is 0 Å². The molecule has 0 saturated carbocycles. The summed E-state index contributed by atoms with van der Waals surface area (Å²) < 4.78 is 0. The molecular formula is C38H24N2Si. The molecule has 0 amide bonds. The van der Waals surface area contributed by atoms with E-state index < -0.39 is 8.07 Å². The first kappa shape index (κ1) is 21.7. The molecule has 0 atom stereocenters. The highest BCUT2D eigenvalue weighted by molar-refractivity contribution is 7.16. The van der Waals surface area contributed by atoms with Gasteiger partial charge in [0.1, 0.15) is 0 Å². The van der Waals surface area contributed by atoms with Gasteiger partial charge in [0, 0.05) is 22.8 Å². The molecule has 0 bridgehead atoms. The van der Waals surface area contributed by atoms with E-state index >= 15 is 0 Å². The molecule has 0 N–H and O–H groups in total. The minimum Gasteiger partial charge on any atom is -0.310 e. The Morgan fingerprint density at radius 3 is 1.39 bits per heavy atom. The van der Waals surface area contributed by atoms with Gasteiger partial charge in [-0.3, -0.25) is 0 Å². The van der Waals surface area contributed by atoms with Crippen molar-refractivity contribution in [3.05, 3.63) is 201 Å². The van der Waals surface area contributed by atoms with E-state index in [1.54, 1.807) is 0 Å². The number of hydrogen-bond acceptors (Lipinski definition) is 2. The van der Waals surface area contributed by atoms with Gasteiger partial charge < -0.3 is 9.80 Å². The number of benzene rings is 2. The summed E-state index contributed by atoms with van der Waals surface area (Å²) in [6, 6.07) is 18.4. The van der Waals surface area contributed by atoms with Crippen molar-refractivity contribution < 1.29 is 0 Å². The van der Waals surface area contributed by atoms with Crippen LogP contribution >= 0.6 is 0 Å². The van der Waals surface area contributed by atoms with Gasteiger partial charge in [0.05, 0.1) is 11.4 Å². The largest absolute Gasteiger partial charge is 0.310 e. The van der Waals surface area contributed by atoms with E-state index in [4.69, 9.17) is 0 Å². The Bertz CT molecular complexity index is 1940. The SMILES string of the molecule is C1=CC2=CC=CC3=CC4=C(C=CC5=C(C=C6C=CC=C7C=CC=C5N76)[Si]45c4ccccc4-c4ccccc45)C(=C1)N23. The Balaban J connectivity index is 1.39. The summed E-state index contributed by atoms with van der Waals surface area (Å²) in [5, 5.41) is 5.93. The fourth-order valence-corrected chi connectivity index (χ4v) is 13.6. The zero-order valence-corrected chi connectivity index (χ0v) is 23.3. The molecule has 8 aliphatic rings. The van der Waals surface area contributed by atoms with Crippen LogP contribution in [0.15, 0.2) is 201 Å². The van der Waals surface area contributed by atoms with Crippen molar-refractivity contribution in [2.24, 2.45) is 0 Å².